The topological polar surface area (TPSA) is 79.7 Å². The van der Waals surface area contributed by atoms with Crippen LogP contribution in [0.1, 0.15) is 28.3 Å². The fourth-order valence-electron chi connectivity index (χ4n) is 4.35. The first kappa shape index (κ1) is 23.9. The molecule has 6 nitrogen and oxygen atoms in total. The van der Waals surface area contributed by atoms with Crippen molar-refractivity contribution in [3.8, 4) is 5.75 Å². The minimum absolute atomic E-state index is 0.0640. The molecule has 0 radical (unpaired) electrons. The number of ketones is 1. The molecule has 1 amide bonds. The van der Waals surface area contributed by atoms with Crippen molar-refractivity contribution < 1.29 is 23.8 Å². The lowest BCUT2D eigenvalue weighted by atomic mass is 9.95. The largest absolute Gasteiger partial charge is 0.507 e. The smallest absolute Gasteiger partial charge is 0.295 e. The maximum atomic E-state index is 13.5. The van der Waals surface area contributed by atoms with Crippen LogP contribution in [0.2, 0.25) is 0 Å². The summed E-state index contributed by atoms with van der Waals surface area (Å²) < 4.78 is 19.5. The molecule has 1 unspecified atom stereocenters. The summed E-state index contributed by atoms with van der Waals surface area (Å²) in [7, 11) is 0. The van der Waals surface area contributed by atoms with E-state index in [2.05, 4.69) is 4.98 Å². The van der Waals surface area contributed by atoms with E-state index in [9.17, 15) is 19.1 Å². The summed E-state index contributed by atoms with van der Waals surface area (Å²) >= 11 is 0. The molecule has 7 heteroatoms. The second-order valence-corrected chi connectivity index (χ2v) is 8.64. The van der Waals surface area contributed by atoms with Crippen LogP contribution in [0.25, 0.3) is 5.76 Å². The summed E-state index contributed by atoms with van der Waals surface area (Å²) in [5.41, 5.74) is 2.55. The third kappa shape index (κ3) is 5.11. The van der Waals surface area contributed by atoms with E-state index in [1.807, 2.05) is 30.3 Å². The molecule has 0 bridgehead atoms. The first-order valence-corrected chi connectivity index (χ1v) is 11.7. The first-order valence-electron chi connectivity index (χ1n) is 11.7. The number of rotatable bonds is 7. The number of hydrogen-bond acceptors (Lipinski definition) is 5. The highest BCUT2D eigenvalue weighted by Gasteiger charge is 2.46. The van der Waals surface area contributed by atoms with Gasteiger partial charge in [0.15, 0.2) is 0 Å². The molecular weight excluding hydrogens is 471 g/mol. The average Bonchev–Trinajstić information content (AvgIpc) is 3.18. The van der Waals surface area contributed by atoms with Crippen LogP contribution >= 0.6 is 0 Å². The van der Waals surface area contributed by atoms with Crippen LogP contribution in [0.15, 0.2) is 109 Å². The Morgan fingerprint density at radius 3 is 2.35 bits per heavy atom. The molecule has 0 spiro atoms. The monoisotopic (exact) mass is 494 g/mol. The number of amides is 1. The Kier molecular flexibility index (Phi) is 6.76. The van der Waals surface area contributed by atoms with Crippen molar-refractivity contribution in [2.24, 2.45) is 0 Å². The number of aliphatic hydroxyl groups is 1. The van der Waals surface area contributed by atoms with E-state index in [1.54, 1.807) is 48.8 Å². The van der Waals surface area contributed by atoms with E-state index >= 15 is 0 Å². The van der Waals surface area contributed by atoms with Crippen LogP contribution in [0.4, 0.5) is 4.39 Å². The summed E-state index contributed by atoms with van der Waals surface area (Å²) in [6.07, 6.45) is 3.22. The summed E-state index contributed by atoms with van der Waals surface area (Å²) in [5, 5.41) is 11.2. The number of nitrogens with zero attached hydrogens (tertiary/aromatic N) is 2. The highest BCUT2D eigenvalue weighted by molar-refractivity contribution is 6.46. The molecule has 1 aliphatic heterocycles. The summed E-state index contributed by atoms with van der Waals surface area (Å²) in [5.74, 6) is -1.83. The lowest BCUT2D eigenvalue weighted by Crippen LogP contribution is -2.29. The van der Waals surface area contributed by atoms with E-state index in [-0.39, 0.29) is 23.4 Å². The third-order valence-corrected chi connectivity index (χ3v) is 6.18. The van der Waals surface area contributed by atoms with Crippen LogP contribution in [0.5, 0.6) is 5.75 Å². The zero-order valence-electron chi connectivity index (χ0n) is 19.8. The number of carbonyl (C=O) groups excluding carboxylic acids is 2. The maximum absolute atomic E-state index is 13.5. The van der Waals surface area contributed by atoms with Crippen LogP contribution in [-0.4, -0.2) is 26.7 Å². The van der Waals surface area contributed by atoms with Crippen molar-refractivity contribution >= 4 is 17.4 Å². The first-order chi connectivity index (χ1) is 18.0. The molecule has 1 aromatic heterocycles. The zero-order valence-corrected chi connectivity index (χ0v) is 19.8. The standard InChI is InChI=1S/C30H23FN2O4/c31-24-11-9-22(10-12-24)28(34)26-27(33(30(36)29(26)35)18-20-13-15-32-16-14-20)23-7-4-8-25(17-23)37-19-21-5-2-1-3-6-21/h1-17,27,34H,18-19H2. The van der Waals surface area contributed by atoms with Crippen molar-refractivity contribution in [1.82, 2.24) is 9.88 Å². The second kappa shape index (κ2) is 10.5. The van der Waals surface area contributed by atoms with Gasteiger partial charge >= 0.3 is 0 Å². The summed E-state index contributed by atoms with van der Waals surface area (Å²) in [6.45, 7) is 0.476. The fourth-order valence-corrected chi connectivity index (χ4v) is 4.35. The van der Waals surface area contributed by atoms with Crippen molar-refractivity contribution in [3.05, 3.63) is 137 Å². The van der Waals surface area contributed by atoms with Crippen LogP contribution < -0.4 is 4.74 Å². The summed E-state index contributed by atoms with van der Waals surface area (Å²) in [4.78, 5) is 31.9. The SMILES string of the molecule is O=C1C(=O)N(Cc2ccncc2)C(c2cccc(OCc3ccccc3)c2)C1=C(O)c1ccc(F)cc1. The molecule has 2 heterocycles. The van der Waals surface area contributed by atoms with Gasteiger partial charge in [0.1, 0.15) is 23.9 Å². The molecule has 4 aromatic rings. The molecular formula is C30H23FN2O4. The Balaban J connectivity index is 1.56. The Hall–Kier alpha value is -4.78. The lowest BCUT2D eigenvalue weighted by Gasteiger charge is -2.26. The van der Waals surface area contributed by atoms with Crippen molar-refractivity contribution in [1.29, 1.82) is 0 Å². The lowest BCUT2D eigenvalue weighted by molar-refractivity contribution is -0.140. The Morgan fingerprint density at radius 2 is 1.62 bits per heavy atom. The predicted octanol–water partition coefficient (Wildman–Crippen LogP) is 5.42. The van der Waals surface area contributed by atoms with Crippen molar-refractivity contribution in [3.63, 3.8) is 0 Å². The average molecular weight is 495 g/mol. The van der Waals surface area contributed by atoms with E-state index in [4.69, 9.17) is 4.74 Å². The van der Waals surface area contributed by atoms with Gasteiger partial charge in [-0.1, -0.05) is 42.5 Å². The number of carbonyl (C=O) groups is 2. The fraction of sp³-hybridized carbons (Fsp3) is 0.100. The Bertz CT molecular complexity index is 1450. The van der Waals surface area contributed by atoms with E-state index in [0.29, 0.717) is 17.9 Å². The molecule has 37 heavy (non-hydrogen) atoms. The number of hydrogen-bond donors (Lipinski definition) is 1. The zero-order chi connectivity index (χ0) is 25.8. The van der Waals surface area contributed by atoms with Gasteiger partial charge in [0.25, 0.3) is 11.7 Å². The number of aliphatic hydroxyl groups excluding tert-OH is 1. The molecule has 0 aliphatic carbocycles. The van der Waals surface area contributed by atoms with Gasteiger partial charge in [0.2, 0.25) is 0 Å². The number of benzene rings is 3. The maximum Gasteiger partial charge on any atom is 0.295 e. The third-order valence-electron chi connectivity index (χ3n) is 6.18. The normalized spacial score (nSPS) is 16.7. The van der Waals surface area contributed by atoms with Crippen molar-refractivity contribution in [2.75, 3.05) is 0 Å². The molecule has 0 saturated carbocycles. The number of aromatic nitrogens is 1. The number of ether oxygens (including phenoxy) is 1. The van der Waals surface area contributed by atoms with Gasteiger partial charge in [-0.05, 0) is 65.2 Å². The molecule has 1 aliphatic rings. The van der Waals surface area contributed by atoms with Gasteiger partial charge in [0, 0.05) is 24.5 Å². The van der Waals surface area contributed by atoms with Crippen LogP contribution in [0.3, 0.4) is 0 Å². The quantitative estimate of drug-likeness (QED) is 0.211. The van der Waals surface area contributed by atoms with Crippen LogP contribution in [-0.2, 0) is 22.7 Å². The predicted molar refractivity (Wildman–Crippen MR) is 136 cm³/mol. The second-order valence-electron chi connectivity index (χ2n) is 8.64. The molecule has 1 N–H and O–H groups in total. The molecule has 5 rings (SSSR count). The minimum Gasteiger partial charge on any atom is -0.507 e. The number of halogens is 1. The summed E-state index contributed by atoms with van der Waals surface area (Å²) in [6, 6.07) is 24.6. The minimum atomic E-state index is -0.876. The van der Waals surface area contributed by atoms with E-state index in [0.717, 1.165) is 11.1 Å². The molecule has 1 saturated heterocycles. The number of likely N-dealkylation sites (tertiary alicyclic amines) is 1. The Labute approximate surface area is 213 Å². The van der Waals surface area contributed by atoms with Gasteiger partial charge in [-0.2, -0.15) is 0 Å². The number of Topliss-reactive ketones (excluding diaryl/α,β-unsaturated/α-hetero) is 1. The van der Waals surface area contributed by atoms with Gasteiger partial charge in [-0.25, -0.2) is 4.39 Å². The van der Waals surface area contributed by atoms with E-state index < -0.39 is 23.5 Å². The van der Waals surface area contributed by atoms with Crippen LogP contribution in [0, 0.1) is 5.82 Å². The Morgan fingerprint density at radius 1 is 0.892 bits per heavy atom. The number of pyridine rings is 1. The van der Waals surface area contributed by atoms with Gasteiger partial charge in [0.05, 0.1) is 11.6 Å². The molecule has 1 atom stereocenters. The highest BCUT2D eigenvalue weighted by atomic mass is 19.1. The van der Waals surface area contributed by atoms with Gasteiger partial charge in [-0.3, -0.25) is 14.6 Å². The molecule has 1 fully saturated rings. The van der Waals surface area contributed by atoms with Crippen molar-refractivity contribution in [2.45, 2.75) is 19.2 Å². The van der Waals surface area contributed by atoms with Gasteiger partial charge < -0.3 is 14.7 Å². The highest BCUT2D eigenvalue weighted by Crippen LogP contribution is 2.41. The molecule has 184 valence electrons. The van der Waals surface area contributed by atoms with E-state index in [1.165, 1.54) is 29.2 Å². The van der Waals surface area contributed by atoms with Gasteiger partial charge in [-0.15, -0.1) is 0 Å². The molecule has 3 aromatic carbocycles.